The topological polar surface area (TPSA) is 62.0 Å². The molecule has 0 radical (unpaired) electrons. The molecule has 2 aromatic rings. The second-order valence-electron chi connectivity index (χ2n) is 3.98. The molecule has 0 unspecified atom stereocenters. The van der Waals surface area contributed by atoms with Crippen molar-refractivity contribution in [1.29, 1.82) is 0 Å². The maximum Gasteiger partial charge on any atom is 0.261 e. The first-order valence-electron chi connectivity index (χ1n) is 5.43. The van der Waals surface area contributed by atoms with E-state index in [9.17, 15) is 14.0 Å². The minimum atomic E-state index is -0.542. The number of hydrogen-bond donors (Lipinski definition) is 2. The molecule has 98 valence electrons. The second kappa shape index (κ2) is 5.36. The van der Waals surface area contributed by atoms with Gasteiger partial charge in [0.05, 0.1) is 4.47 Å². The van der Waals surface area contributed by atoms with E-state index in [0.29, 0.717) is 11.4 Å². The minimum Gasteiger partial charge on any atom is -0.364 e. The highest BCUT2D eigenvalue weighted by Gasteiger charge is 2.11. The van der Waals surface area contributed by atoms with Crippen molar-refractivity contribution in [3.8, 4) is 0 Å². The Bertz CT molecular complexity index is 697. The molecule has 1 aromatic carbocycles. The number of hydrogen-bond acceptors (Lipinski definition) is 2. The van der Waals surface area contributed by atoms with Crippen LogP contribution in [0.4, 0.5) is 10.1 Å². The van der Waals surface area contributed by atoms with Crippen molar-refractivity contribution in [1.82, 2.24) is 4.98 Å². The summed E-state index contributed by atoms with van der Waals surface area (Å²) in [6, 6.07) is 5.41. The molecule has 0 aliphatic heterocycles. The van der Waals surface area contributed by atoms with Crippen LogP contribution in [0.15, 0.2) is 39.7 Å². The van der Waals surface area contributed by atoms with E-state index in [-0.39, 0.29) is 15.5 Å². The molecule has 6 heteroatoms. The van der Waals surface area contributed by atoms with E-state index in [1.807, 2.05) is 0 Å². The number of aryl methyl sites for hydroxylation is 1. The van der Waals surface area contributed by atoms with E-state index in [4.69, 9.17) is 0 Å². The fourth-order valence-electron chi connectivity index (χ4n) is 1.52. The molecule has 0 atom stereocenters. The van der Waals surface area contributed by atoms with Crippen LogP contribution in [0, 0.1) is 12.7 Å². The van der Waals surface area contributed by atoms with Gasteiger partial charge >= 0.3 is 0 Å². The summed E-state index contributed by atoms with van der Waals surface area (Å²) in [6.07, 6.45) is 1.35. The number of rotatable bonds is 2. The van der Waals surface area contributed by atoms with E-state index < -0.39 is 11.7 Å². The lowest BCUT2D eigenvalue weighted by Crippen LogP contribution is -2.21. The standard InChI is InChI=1S/C13H10BrFN2O2/c1-7-4-12(18)9(6-16-7)13(19)17-8-2-3-11(15)10(14)5-8/h2-6H,1H3,(H,16,18)(H,17,19). The predicted molar refractivity (Wildman–Crippen MR) is 73.9 cm³/mol. The Morgan fingerprint density at radius 2 is 2.11 bits per heavy atom. The van der Waals surface area contributed by atoms with Crippen LogP contribution >= 0.6 is 15.9 Å². The van der Waals surface area contributed by atoms with Gasteiger partial charge in [-0.3, -0.25) is 9.59 Å². The Morgan fingerprint density at radius 3 is 2.74 bits per heavy atom. The van der Waals surface area contributed by atoms with Crippen LogP contribution in [-0.4, -0.2) is 10.9 Å². The summed E-state index contributed by atoms with van der Waals surface area (Å²) in [6.45, 7) is 1.72. The quantitative estimate of drug-likeness (QED) is 0.892. The van der Waals surface area contributed by atoms with Crippen LogP contribution in [0.1, 0.15) is 16.1 Å². The van der Waals surface area contributed by atoms with Crippen molar-refractivity contribution in [3.05, 3.63) is 62.2 Å². The van der Waals surface area contributed by atoms with Crippen LogP contribution in [-0.2, 0) is 0 Å². The number of carbonyl (C=O) groups excluding carboxylic acids is 1. The largest absolute Gasteiger partial charge is 0.364 e. The fraction of sp³-hybridized carbons (Fsp3) is 0.0769. The molecule has 1 heterocycles. The van der Waals surface area contributed by atoms with Gasteiger partial charge in [0.25, 0.3) is 5.91 Å². The Kier molecular flexibility index (Phi) is 3.80. The Labute approximate surface area is 116 Å². The number of amides is 1. The molecule has 1 aromatic heterocycles. The summed E-state index contributed by atoms with van der Waals surface area (Å²) in [5.41, 5.74) is 0.713. The molecule has 0 aliphatic carbocycles. The Balaban J connectivity index is 2.25. The number of nitrogens with one attached hydrogen (secondary N) is 2. The molecule has 0 spiro atoms. The smallest absolute Gasteiger partial charge is 0.261 e. The lowest BCUT2D eigenvalue weighted by Gasteiger charge is -2.06. The second-order valence-corrected chi connectivity index (χ2v) is 4.83. The first-order chi connectivity index (χ1) is 8.97. The summed E-state index contributed by atoms with van der Waals surface area (Å²) < 4.78 is 13.3. The highest BCUT2D eigenvalue weighted by molar-refractivity contribution is 9.10. The van der Waals surface area contributed by atoms with Gasteiger partial charge in [0.15, 0.2) is 5.43 Å². The molecule has 4 nitrogen and oxygen atoms in total. The average Bonchev–Trinajstić information content (AvgIpc) is 2.33. The van der Waals surface area contributed by atoms with Crippen molar-refractivity contribution in [2.45, 2.75) is 6.92 Å². The maximum absolute atomic E-state index is 13.1. The van der Waals surface area contributed by atoms with Gasteiger partial charge < -0.3 is 10.3 Å². The van der Waals surface area contributed by atoms with Crippen LogP contribution in [0.3, 0.4) is 0 Å². The van der Waals surface area contributed by atoms with Crippen molar-refractivity contribution >= 4 is 27.5 Å². The summed E-state index contributed by atoms with van der Waals surface area (Å²) in [5.74, 6) is -0.967. The van der Waals surface area contributed by atoms with E-state index in [2.05, 4.69) is 26.2 Å². The molecule has 19 heavy (non-hydrogen) atoms. The van der Waals surface area contributed by atoms with Crippen LogP contribution in [0.5, 0.6) is 0 Å². The number of halogens is 2. The SMILES string of the molecule is Cc1cc(=O)c(C(=O)Nc2ccc(F)c(Br)c2)c[nH]1. The molecular formula is C13H10BrFN2O2. The van der Waals surface area contributed by atoms with Gasteiger partial charge in [-0.25, -0.2) is 4.39 Å². The summed E-state index contributed by atoms with van der Waals surface area (Å²) in [5, 5.41) is 2.53. The lowest BCUT2D eigenvalue weighted by molar-refractivity contribution is 0.102. The fourth-order valence-corrected chi connectivity index (χ4v) is 1.90. The van der Waals surface area contributed by atoms with Gasteiger partial charge in [-0.1, -0.05) is 0 Å². The molecular weight excluding hydrogens is 315 g/mol. The average molecular weight is 325 g/mol. The molecule has 0 saturated heterocycles. The van der Waals surface area contributed by atoms with E-state index in [1.165, 1.54) is 30.5 Å². The molecule has 2 rings (SSSR count). The predicted octanol–water partition coefficient (Wildman–Crippen LogP) is 2.84. The monoisotopic (exact) mass is 324 g/mol. The zero-order valence-electron chi connectivity index (χ0n) is 9.96. The van der Waals surface area contributed by atoms with Gasteiger partial charge in [-0.15, -0.1) is 0 Å². The van der Waals surface area contributed by atoms with Gasteiger partial charge in [0.2, 0.25) is 0 Å². The Morgan fingerprint density at radius 1 is 1.37 bits per heavy atom. The first kappa shape index (κ1) is 13.5. The van der Waals surface area contributed by atoms with Gasteiger partial charge in [-0.2, -0.15) is 0 Å². The number of aromatic amines is 1. The van der Waals surface area contributed by atoms with Crippen LogP contribution in [0.25, 0.3) is 0 Å². The van der Waals surface area contributed by atoms with Gasteiger partial charge in [0.1, 0.15) is 11.4 Å². The highest BCUT2D eigenvalue weighted by atomic mass is 79.9. The van der Waals surface area contributed by atoms with Gasteiger partial charge in [0, 0.05) is 23.6 Å². The number of benzene rings is 1. The van der Waals surface area contributed by atoms with Crippen molar-refractivity contribution in [2.75, 3.05) is 5.32 Å². The number of anilines is 1. The minimum absolute atomic E-state index is 0.00560. The first-order valence-corrected chi connectivity index (χ1v) is 6.22. The lowest BCUT2D eigenvalue weighted by atomic mass is 10.2. The number of H-pyrrole nitrogens is 1. The zero-order valence-corrected chi connectivity index (χ0v) is 11.5. The molecule has 0 bridgehead atoms. The molecule has 0 saturated carbocycles. The normalized spacial score (nSPS) is 10.3. The summed E-state index contributed by atoms with van der Waals surface area (Å²) in [4.78, 5) is 26.3. The third-order valence-corrected chi connectivity index (χ3v) is 3.09. The van der Waals surface area contributed by atoms with Crippen LogP contribution in [0.2, 0.25) is 0 Å². The van der Waals surface area contributed by atoms with E-state index in [1.54, 1.807) is 6.92 Å². The summed E-state index contributed by atoms with van der Waals surface area (Å²) in [7, 11) is 0. The van der Waals surface area contributed by atoms with Crippen molar-refractivity contribution in [2.24, 2.45) is 0 Å². The number of aromatic nitrogens is 1. The molecule has 2 N–H and O–H groups in total. The molecule has 1 amide bonds. The van der Waals surface area contributed by atoms with Crippen LogP contribution < -0.4 is 10.7 Å². The third kappa shape index (κ3) is 3.08. The van der Waals surface area contributed by atoms with Gasteiger partial charge in [-0.05, 0) is 41.1 Å². The van der Waals surface area contributed by atoms with E-state index >= 15 is 0 Å². The Hall–Kier alpha value is -1.95. The van der Waals surface area contributed by atoms with E-state index in [0.717, 1.165) is 0 Å². The molecule has 0 fully saturated rings. The highest BCUT2D eigenvalue weighted by Crippen LogP contribution is 2.20. The maximum atomic E-state index is 13.1. The van der Waals surface area contributed by atoms with Crippen molar-refractivity contribution < 1.29 is 9.18 Å². The third-order valence-electron chi connectivity index (χ3n) is 2.48. The van der Waals surface area contributed by atoms with Crippen molar-refractivity contribution in [3.63, 3.8) is 0 Å². The number of pyridine rings is 1. The molecule has 0 aliphatic rings. The summed E-state index contributed by atoms with van der Waals surface area (Å²) >= 11 is 3.02. The number of carbonyl (C=O) groups is 1. The zero-order chi connectivity index (χ0) is 14.0.